The molecule has 1 saturated heterocycles. The molecule has 0 bridgehead atoms. The van der Waals surface area contributed by atoms with Gasteiger partial charge in [0.1, 0.15) is 24.4 Å². The Labute approximate surface area is 121 Å². The summed E-state index contributed by atoms with van der Waals surface area (Å²) < 4.78 is 10.9. The Morgan fingerprint density at radius 1 is 1.30 bits per heavy atom. The number of rotatable bonds is 10. The van der Waals surface area contributed by atoms with Crippen molar-refractivity contribution in [2.24, 2.45) is 0 Å². The van der Waals surface area contributed by atoms with Gasteiger partial charge in [-0.05, 0) is 26.2 Å². The number of allylic oxidation sites excluding steroid dienone is 2. The molecule has 5 heteroatoms. The molecule has 118 valence electrons. The van der Waals surface area contributed by atoms with Gasteiger partial charge in [0.15, 0.2) is 0 Å². The molecule has 0 aromatic heterocycles. The van der Waals surface area contributed by atoms with Crippen LogP contribution in [0.1, 0.15) is 39.0 Å². The van der Waals surface area contributed by atoms with Gasteiger partial charge in [0.25, 0.3) is 0 Å². The molecule has 1 fully saturated rings. The monoisotopic (exact) mass is 288 g/mol. The van der Waals surface area contributed by atoms with E-state index in [0.717, 1.165) is 19.3 Å². The molecule has 3 N–H and O–H groups in total. The topological polar surface area (TPSA) is 79.2 Å². The van der Waals surface area contributed by atoms with Crippen LogP contribution in [0.25, 0.3) is 0 Å². The zero-order valence-electron chi connectivity index (χ0n) is 12.3. The lowest BCUT2D eigenvalue weighted by Gasteiger charge is -2.23. The second-order valence-corrected chi connectivity index (χ2v) is 5.22. The highest BCUT2D eigenvalue weighted by Crippen LogP contribution is 2.21. The van der Waals surface area contributed by atoms with Gasteiger partial charge < -0.3 is 24.8 Å². The van der Waals surface area contributed by atoms with Crippen molar-refractivity contribution in [3.05, 3.63) is 12.2 Å². The van der Waals surface area contributed by atoms with Crippen LogP contribution in [0.3, 0.4) is 0 Å². The van der Waals surface area contributed by atoms with Gasteiger partial charge in [-0.2, -0.15) is 0 Å². The van der Waals surface area contributed by atoms with E-state index in [1.807, 2.05) is 6.92 Å². The summed E-state index contributed by atoms with van der Waals surface area (Å²) in [6.45, 7) is 2.33. The molecule has 1 rings (SSSR count). The summed E-state index contributed by atoms with van der Waals surface area (Å²) in [7, 11) is 0. The van der Waals surface area contributed by atoms with Gasteiger partial charge in [0, 0.05) is 6.61 Å². The summed E-state index contributed by atoms with van der Waals surface area (Å²) in [5.41, 5.74) is 0. The molecule has 1 aliphatic rings. The molecule has 1 heterocycles. The fourth-order valence-corrected chi connectivity index (χ4v) is 2.36. The molecule has 1 aliphatic heterocycles. The quantitative estimate of drug-likeness (QED) is 0.413. The van der Waals surface area contributed by atoms with E-state index in [1.165, 1.54) is 12.8 Å². The van der Waals surface area contributed by atoms with Crippen LogP contribution in [0.4, 0.5) is 0 Å². The zero-order chi connectivity index (χ0) is 14.8. The average molecular weight is 288 g/mol. The summed E-state index contributed by atoms with van der Waals surface area (Å²) in [5, 5.41) is 28.3. The third-order valence-corrected chi connectivity index (χ3v) is 3.54. The Kier molecular flexibility index (Phi) is 9.05. The van der Waals surface area contributed by atoms with Gasteiger partial charge in [-0.15, -0.1) is 0 Å². The van der Waals surface area contributed by atoms with Crippen LogP contribution >= 0.6 is 0 Å². The van der Waals surface area contributed by atoms with E-state index in [9.17, 15) is 10.2 Å². The first kappa shape index (κ1) is 17.6. The fourth-order valence-electron chi connectivity index (χ4n) is 2.36. The van der Waals surface area contributed by atoms with Gasteiger partial charge in [-0.3, -0.25) is 0 Å². The third-order valence-electron chi connectivity index (χ3n) is 3.54. The minimum absolute atomic E-state index is 0.149. The Bertz CT molecular complexity index is 269. The Balaban J connectivity index is 2.13. The average Bonchev–Trinajstić information content (AvgIpc) is 2.82. The van der Waals surface area contributed by atoms with E-state index in [1.54, 1.807) is 0 Å². The normalized spacial score (nSPS) is 28.3. The predicted octanol–water partition coefficient (Wildman–Crippen LogP) is 1.01. The van der Waals surface area contributed by atoms with E-state index >= 15 is 0 Å². The Hall–Kier alpha value is -0.460. The maximum Gasteiger partial charge on any atom is 0.114 e. The highest BCUT2D eigenvalue weighted by molar-refractivity contribution is 4.89. The highest BCUT2D eigenvalue weighted by atomic mass is 16.6. The summed E-state index contributed by atoms with van der Waals surface area (Å²) in [4.78, 5) is 0. The molecular weight excluding hydrogens is 260 g/mol. The zero-order valence-corrected chi connectivity index (χ0v) is 12.3. The van der Waals surface area contributed by atoms with E-state index in [2.05, 4.69) is 12.2 Å². The highest BCUT2D eigenvalue weighted by Gasteiger charge is 2.40. The van der Waals surface area contributed by atoms with Crippen LogP contribution in [0.2, 0.25) is 0 Å². The van der Waals surface area contributed by atoms with Crippen molar-refractivity contribution in [1.29, 1.82) is 0 Å². The van der Waals surface area contributed by atoms with Crippen molar-refractivity contribution < 1.29 is 24.8 Å². The first-order valence-electron chi connectivity index (χ1n) is 7.52. The standard InChI is InChI=1S/C15H28O5/c1-2-3-4-5-6-7-8-9-19-15-13(18)11-20-14(15)12(17)10-16/h2-3,12-18H,4-11H2,1H3/b3-2+/t12-,13+,14+,15+/m1/s1. The van der Waals surface area contributed by atoms with Gasteiger partial charge in [0.2, 0.25) is 0 Å². The molecule has 0 amide bonds. The minimum Gasteiger partial charge on any atom is -0.394 e. The third kappa shape index (κ3) is 5.89. The molecule has 4 atom stereocenters. The summed E-state index contributed by atoms with van der Waals surface area (Å²) in [5.74, 6) is 0. The summed E-state index contributed by atoms with van der Waals surface area (Å²) >= 11 is 0. The lowest BCUT2D eigenvalue weighted by atomic mass is 10.1. The van der Waals surface area contributed by atoms with E-state index in [4.69, 9.17) is 14.6 Å². The maximum atomic E-state index is 9.75. The van der Waals surface area contributed by atoms with Crippen LogP contribution in [-0.4, -0.2) is 59.6 Å². The van der Waals surface area contributed by atoms with Crippen molar-refractivity contribution in [3.8, 4) is 0 Å². The molecule has 5 nitrogen and oxygen atoms in total. The second kappa shape index (κ2) is 10.3. The number of unbranched alkanes of at least 4 members (excludes halogenated alkanes) is 4. The molecular formula is C15H28O5. The molecule has 0 radical (unpaired) electrons. The van der Waals surface area contributed by atoms with Crippen LogP contribution in [0.5, 0.6) is 0 Å². The molecule has 0 aromatic rings. The molecule has 0 saturated carbocycles. The van der Waals surface area contributed by atoms with E-state index in [0.29, 0.717) is 6.61 Å². The molecule has 0 aromatic carbocycles. The van der Waals surface area contributed by atoms with E-state index in [-0.39, 0.29) is 13.2 Å². The van der Waals surface area contributed by atoms with Crippen LogP contribution in [0.15, 0.2) is 12.2 Å². The van der Waals surface area contributed by atoms with Crippen LogP contribution in [0, 0.1) is 0 Å². The lowest BCUT2D eigenvalue weighted by Crippen LogP contribution is -2.42. The van der Waals surface area contributed by atoms with Crippen molar-refractivity contribution in [2.45, 2.75) is 63.4 Å². The molecule has 0 unspecified atom stereocenters. The largest absolute Gasteiger partial charge is 0.394 e. The Morgan fingerprint density at radius 3 is 2.75 bits per heavy atom. The molecule has 20 heavy (non-hydrogen) atoms. The second-order valence-electron chi connectivity index (χ2n) is 5.22. The fraction of sp³-hybridized carbons (Fsp3) is 0.867. The number of ether oxygens (including phenoxy) is 2. The van der Waals surface area contributed by atoms with Crippen molar-refractivity contribution >= 4 is 0 Å². The van der Waals surface area contributed by atoms with Gasteiger partial charge in [-0.25, -0.2) is 0 Å². The van der Waals surface area contributed by atoms with Crippen LogP contribution in [-0.2, 0) is 9.47 Å². The summed E-state index contributed by atoms with van der Waals surface area (Å²) in [6.07, 6.45) is 6.83. The van der Waals surface area contributed by atoms with Gasteiger partial charge in [-0.1, -0.05) is 25.0 Å². The smallest absolute Gasteiger partial charge is 0.114 e. The minimum atomic E-state index is -1.00. The van der Waals surface area contributed by atoms with Gasteiger partial charge >= 0.3 is 0 Å². The van der Waals surface area contributed by atoms with E-state index < -0.39 is 24.4 Å². The first-order valence-corrected chi connectivity index (χ1v) is 7.52. The lowest BCUT2D eigenvalue weighted by molar-refractivity contribution is -0.0938. The van der Waals surface area contributed by atoms with Crippen molar-refractivity contribution in [3.63, 3.8) is 0 Å². The maximum absolute atomic E-state index is 9.75. The first-order chi connectivity index (χ1) is 9.70. The predicted molar refractivity (Wildman–Crippen MR) is 76.5 cm³/mol. The number of aliphatic hydroxyl groups is 3. The van der Waals surface area contributed by atoms with Gasteiger partial charge in [0.05, 0.1) is 13.2 Å². The van der Waals surface area contributed by atoms with Crippen LogP contribution < -0.4 is 0 Å². The van der Waals surface area contributed by atoms with Crippen molar-refractivity contribution in [2.75, 3.05) is 19.8 Å². The number of hydrogen-bond acceptors (Lipinski definition) is 5. The SMILES string of the molecule is C/C=C/CCCCCCO[C@@H]1[C@H]([C@H](O)CO)OC[C@@H]1O. The Morgan fingerprint density at radius 2 is 2.05 bits per heavy atom. The van der Waals surface area contributed by atoms with Crippen molar-refractivity contribution in [1.82, 2.24) is 0 Å². The molecule has 0 spiro atoms. The number of aliphatic hydroxyl groups excluding tert-OH is 3. The number of hydrogen-bond donors (Lipinski definition) is 3. The summed E-state index contributed by atoms with van der Waals surface area (Å²) in [6, 6.07) is 0. The molecule has 0 aliphatic carbocycles.